The molecule has 0 amide bonds. The van der Waals surface area contributed by atoms with Crippen LogP contribution in [0.2, 0.25) is 0 Å². The first kappa shape index (κ1) is 13.0. The lowest BCUT2D eigenvalue weighted by Gasteiger charge is -2.26. The van der Waals surface area contributed by atoms with Crippen LogP contribution < -0.4 is 0 Å². The Kier molecular flexibility index (Phi) is 3.96. The highest BCUT2D eigenvalue weighted by Gasteiger charge is 2.19. The molecule has 0 fully saturated rings. The Morgan fingerprint density at radius 1 is 1.31 bits per heavy atom. The average molecular weight is 216 g/mol. The molecule has 0 bridgehead atoms. The Balaban J connectivity index is 3.05. The van der Waals surface area contributed by atoms with E-state index in [-0.39, 0.29) is 5.41 Å². The predicted octanol–water partition coefficient (Wildman–Crippen LogP) is 4.80. The van der Waals surface area contributed by atoms with Crippen LogP contribution in [0.25, 0.3) is 0 Å². The third-order valence-corrected chi connectivity index (χ3v) is 3.41. The lowest BCUT2D eigenvalue weighted by molar-refractivity contribution is 0.503. The minimum atomic E-state index is 0.284. The lowest BCUT2D eigenvalue weighted by atomic mass is 9.79. The molecule has 0 aliphatic carbocycles. The Morgan fingerprint density at radius 2 is 1.94 bits per heavy atom. The molecule has 0 aliphatic heterocycles. The Labute approximate surface area is 100 Å². The molecule has 88 valence electrons. The molecule has 0 heteroatoms. The van der Waals surface area contributed by atoms with E-state index in [2.05, 4.69) is 59.4 Å². The predicted molar refractivity (Wildman–Crippen MR) is 73.0 cm³/mol. The van der Waals surface area contributed by atoms with Gasteiger partial charge in [-0.1, -0.05) is 51.1 Å². The molecule has 0 radical (unpaired) electrons. The van der Waals surface area contributed by atoms with Gasteiger partial charge in [0, 0.05) is 0 Å². The lowest BCUT2D eigenvalue weighted by Crippen LogP contribution is -2.17. The fraction of sp³-hybridized carbons (Fsp3) is 0.500. The zero-order valence-corrected chi connectivity index (χ0v) is 11.4. The van der Waals surface area contributed by atoms with E-state index in [1.807, 2.05) is 0 Å². The van der Waals surface area contributed by atoms with E-state index < -0.39 is 0 Å². The van der Waals surface area contributed by atoms with Gasteiger partial charge in [0.2, 0.25) is 0 Å². The highest BCUT2D eigenvalue weighted by molar-refractivity contribution is 5.37. The number of hydrogen-bond acceptors (Lipinski definition) is 0. The standard InChI is InChI=1S/C16H24/c1-7-16(5,6)15-9-8-14(10-12(2)3)11-13(15)4/h8-9,11H,2,7,10H2,1,3-6H3. The maximum absolute atomic E-state index is 3.97. The molecule has 0 spiro atoms. The third kappa shape index (κ3) is 2.98. The maximum Gasteiger partial charge on any atom is -0.00725 e. The summed E-state index contributed by atoms with van der Waals surface area (Å²) in [5, 5.41) is 0. The van der Waals surface area contributed by atoms with Gasteiger partial charge in [0.25, 0.3) is 0 Å². The van der Waals surface area contributed by atoms with Crippen molar-refractivity contribution >= 4 is 0 Å². The van der Waals surface area contributed by atoms with Gasteiger partial charge in [-0.05, 0) is 48.8 Å². The zero-order valence-electron chi connectivity index (χ0n) is 11.4. The van der Waals surface area contributed by atoms with E-state index in [1.165, 1.54) is 28.7 Å². The molecule has 0 nitrogen and oxygen atoms in total. The van der Waals surface area contributed by atoms with Crippen molar-refractivity contribution in [2.75, 3.05) is 0 Å². The van der Waals surface area contributed by atoms with E-state index in [0.717, 1.165) is 6.42 Å². The van der Waals surface area contributed by atoms with Crippen molar-refractivity contribution in [3.8, 4) is 0 Å². The second-order valence-electron chi connectivity index (χ2n) is 5.52. The van der Waals surface area contributed by atoms with Crippen LogP contribution in [0.4, 0.5) is 0 Å². The molecule has 0 N–H and O–H groups in total. The highest BCUT2D eigenvalue weighted by atomic mass is 14.2. The third-order valence-electron chi connectivity index (χ3n) is 3.41. The molecule has 0 aliphatic rings. The fourth-order valence-electron chi connectivity index (χ4n) is 2.13. The van der Waals surface area contributed by atoms with Gasteiger partial charge < -0.3 is 0 Å². The summed E-state index contributed by atoms with van der Waals surface area (Å²) in [4.78, 5) is 0. The van der Waals surface area contributed by atoms with Crippen LogP contribution in [0.1, 0.15) is 50.8 Å². The quantitative estimate of drug-likeness (QED) is 0.634. The van der Waals surface area contributed by atoms with Gasteiger partial charge in [0.1, 0.15) is 0 Å². The van der Waals surface area contributed by atoms with E-state index in [9.17, 15) is 0 Å². The van der Waals surface area contributed by atoms with E-state index in [4.69, 9.17) is 0 Å². The van der Waals surface area contributed by atoms with Gasteiger partial charge in [0.05, 0.1) is 0 Å². The van der Waals surface area contributed by atoms with Crippen molar-refractivity contribution in [2.24, 2.45) is 0 Å². The number of rotatable bonds is 4. The van der Waals surface area contributed by atoms with Crippen LogP contribution in [0.3, 0.4) is 0 Å². The fourth-order valence-corrected chi connectivity index (χ4v) is 2.13. The van der Waals surface area contributed by atoms with Crippen LogP contribution in [-0.4, -0.2) is 0 Å². The molecule has 0 aromatic heterocycles. The van der Waals surface area contributed by atoms with Gasteiger partial charge in [-0.2, -0.15) is 0 Å². The van der Waals surface area contributed by atoms with Gasteiger partial charge in [-0.25, -0.2) is 0 Å². The summed E-state index contributed by atoms with van der Waals surface area (Å²) < 4.78 is 0. The SMILES string of the molecule is C=C(C)Cc1ccc(C(C)(C)CC)c(C)c1. The van der Waals surface area contributed by atoms with Crippen molar-refractivity contribution in [3.05, 3.63) is 47.0 Å². The summed E-state index contributed by atoms with van der Waals surface area (Å²) in [6.07, 6.45) is 2.17. The van der Waals surface area contributed by atoms with Crippen molar-refractivity contribution in [1.82, 2.24) is 0 Å². The first-order valence-corrected chi connectivity index (χ1v) is 6.11. The summed E-state index contributed by atoms with van der Waals surface area (Å²) in [5.74, 6) is 0. The topological polar surface area (TPSA) is 0 Å². The average Bonchev–Trinajstić information content (AvgIpc) is 2.16. The molecule has 0 saturated heterocycles. The Hall–Kier alpha value is -1.04. The van der Waals surface area contributed by atoms with E-state index in [0.29, 0.717) is 0 Å². The molecule has 1 rings (SSSR count). The van der Waals surface area contributed by atoms with Crippen LogP contribution >= 0.6 is 0 Å². The molecule has 0 heterocycles. The second kappa shape index (κ2) is 4.86. The Morgan fingerprint density at radius 3 is 2.38 bits per heavy atom. The minimum Gasteiger partial charge on any atom is -0.0998 e. The highest BCUT2D eigenvalue weighted by Crippen LogP contribution is 2.30. The number of benzene rings is 1. The summed E-state index contributed by atoms with van der Waals surface area (Å²) in [6, 6.07) is 6.84. The molecule has 16 heavy (non-hydrogen) atoms. The summed E-state index contributed by atoms with van der Waals surface area (Å²) in [5.41, 5.74) is 5.76. The summed E-state index contributed by atoms with van der Waals surface area (Å²) >= 11 is 0. The van der Waals surface area contributed by atoms with Crippen molar-refractivity contribution < 1.29 is 0 Å². The first-order valence-electron chi connectivity index (χ1n) is 6.11. The monoisotopic (exact) mass is 216 g/mol. The molecular formula is C16H24. The van der Waals surface area contributed by atoms with Gasteiger partial charge in [-0.3, -0.25) is 0 Å². The van der Waals surface area contributed by atoms with Gasteiger partial charge in [0.15, 0.2) is 0 Å². The minimum absolute atomic E-state index is 0.284. The largest absolute Gasteiger partial charge is 0.0998 e. The molecule has 1 aromatic rings. The van der Waals surface area contributed by atoms with Crippen molar-refractivity contribution in [2.45, 2.75) is 52.9 Å². The van der Waals surface area contributed by atoms with Crippen molar-refractivity contribution in [1.29, 1.82) is 0 Å². The normalized spacial score (nSPS) is 11.6. The number of hydrogen-bond donors (Lipinski definition) is 0. The molecular weight excluding hydrogens is 192 g/mol. The summed E-state index contributed by atoms with van der Waals surface area (Å²) in [6.45, 7) is 15.1. The number of aryl methyl sites for hydroxylation is 1. The van der Waals surface area contributed by atoms with Crippen LogP contribution in [0.15, 0.2) is 30.4 Å². The smallest absolute Gasteiger partial charge is 0.00725 e. The first-order chi connectivity index (χ1) is 7.36. The zero-order chi connectivity index (χ0) is 12.3. The summed E-state index contributed by atoms with van der Waals surface area (Å²) in [7, 11) is 0. The molecule has 0 unspecified atom stereocenters. The van der Waals surface area contributed by atoms with Crippen LogP contribution in [0.5, 0.6) is 0 Å². The number of allylic oxidation sites excluding steroid dienone is 1. The maximum atomic E-state index is 3.97. The van der Waals surface area contributed by atoms with Crippen molar-refractivity contribution in [3.63, 3.8) is 0 Å². The van der Waals surface area contributed by atoms with Crippen LogP contribution in [-0.2, 0) is 11.8 Å². The van der Waals surface area contributed by atoms with E-state index in [1.54, 1.807) is 0 Å². The molecule has 0 saturated carbocycles. The van der Waals surface area contributed by atoms with E-state index >= 15 is 0 Å². The second-order valence-corrected chi connectivity index (χ2v) is 5.52. The van der Waals surface area contributed by atoms with Gasteiger partial charge >= 0.3 is 0 Å². The van der Waals surface area contributed by atoms with Crippen LogP contribution in [0, 0.1) is 6.92 Å². The molecule has 0 atom stereocenters. The molecule has 1 aromatic carbocycles. The van der Waals surface area contributed by atoms with Gasteiger partial charge in [-0.15, -0.1) is 0 Å². The Bertz CT molecular complexity index is 383.